The molecule has 2 N–H and O–H groups in total. The van der Waals surface area contributed by atoms with Crippen LogP contribution in [0, 0.1) is 12.7 Å². The minimum absolute atomic E-state index is 0.278. The molecule has 106 valence electrons. The molecule has 3 rings (SSSR count). The number of nitrogens with zero attached hydrogens (tertiary/aromatic N) is 1. The molecule has 0 radical (unpaired) electrons. The van der Waals surface area contributed by atoms with Crippen LogP contribution >= 0.6 is 15.9 Å². The number of anilines is 1. The molecule has 0 saturated carbocycles. The van der Waals surface area contributed by atoms with Gasteiger partial charge in [-0.3, -0.25) is 0 Å². The van der Waals surface area contributed by atoms with Crippen molar-refractivity contribution < 1.29 is 8.91 Å². The van der Waals surface area contributed by atoms with Gasteiger partial charge in [0.25, 0.3) is 0 Å². The van der Waals surface area contributed by atoms with E-state index in [1.165, 1.54) is 12.1 Å². The Morgan fingerprint density at radius 3 is 2.67 bits per heavy atom. The van der Waals surface area contributed by atoms with Crippen LogP contribution in [0.4, 0.5) is 10.2 Å². The summed E-state index contributed by atoms with van der Waals surface area (Å²) in [6, 6.07) is 12.2. The number of hydrogen-bond donors (Lipinski definition) is 1. The summed E-state index contributed by atoms with van der Waals surface area (Å²) in [6.45, 7) is 1.89. The Morgan fingerprint density at radius 2 is 1.90 bits per heavy atom. The quantitative estimate of drug-likeness (QED) is 0.724. The maximum Gasteiger partial charge on any atom is 0.177 e. The number of benzene rings is 2. The third kappa shape index (κ3) is 2.45. The van der Waals surface area contributed by atoms with E-state index in [4.69, 9.17) is 10.3 Å². The second-order valence-corrected chi connectivity index (χ2v) is 5.57. The minimum Gasteiger partial charge on any atom is -0.380 e. The van der Waals surface area contributed by atoms with Gasteiger partial charge in [0.15, 0.2) is 11.6 Å². The smallest absolute Gasteiger partial charge is 0.177 e. The van der Waals surface area contributed by atoms with Gasteiger partial charge >= 0.3 is 0 Å². The van der Waals surface area contributed by atoms with Crippen LogP contribution in [0.25, 0.3) is 22.5 Å². The van der Waals surface area contributed by atoms with Gasteiger partial charge in [-0.2, -0.15) is 0 Å². The maximum absolute atomic E-state index is 13.6. The predicted octanol–water partition coefficient (Wildman–Crippen LogP) is 4.80. The van der Waals surface area contributed by atoms with Crippen molar-refractivity contribution in [1.82, 2.24) is 5.16 Å². The molecule has 0 aliphatic carbocycles. The zero-order valence-electron chi connectivity index (χ0n) is 11.2. The van der Waals surface area contributed by atoms with Gasteiger partial charge in [-0.05, 0) is 30.7 Å². The number of aryl methyl sites for hydroxylation is 1. The lowest BCUT2D eigenvalue weighted by molar-refractivity contribution is 0.435. The van der Waals surface area contributed by atoms with Gasteiger partial charge in [0.2, 0.25) is 0 Å². The highest BCUT2D eigenvalue weighted by Crippen LogP contribution is 2.40. The van der Waals surface area contributed by atoms with Crippen LogP contribution in [0.5, 0.6) is 0 Å². The summed E-state index contributed by atoms with van der Waals surface area (Å²) in [6.07, 6.45) is 0. The van der Waals surface area contributed by atoms with Crippen molar-refractivity contribution in [2.45, 2.75) is 6.92 Å². The highest BCUT2D eigenvalue weighted by Gasteiger charge is 2.21. The summed E-state index contributed by atoms with van der Waals surface area (Å²) in [5, 5.41) is 3.84. The van der Waals surface area contributed by atoms with Crippen molar-refractivity contribution >= 4 is 21.7 Å². The minimum atomic E-state index is -0.330. The Morgan fingerprint density at radius 1 is 1.14 bits per heavy atom. The van der Waals surface area contributed by atoms with Gasteiger partial charge in [0.05, 0.1) is 5.56 Å². The van der Waals surface area contributed by atoms with Crippen LogP contribution in [0.3, 0.4) is 0 Å². The van der Waals surface area contributed by atoms with Crippen LogP contribution in [0.2, 0.25) is 0 Å². The second-order valence-electron chi connectivity index (χ2n) is 4.71. The number of nitrogens with two attached hydrogens (primary N) is 1. The number of halogens is 2. The molecule has 0 amide bonds. The molecule has 21 heavy (non-hydrogen) atoms. The van der Waals surface area contributed by atoms with Crippen LogP contribution in [-0.4, -0.2) is 5.16 Å². The predicted molar refractivity (Wildman–Crippen MR) is 84.2 cm³/mol. The second kappa shape index (κ2) is 5.33. The van der Waals surface area contributed by atoms with Gasteiger partial charge < -0.3 is 10.3 Å². The van der Waals surface area contributed by atoms with Crippen molar-refractivity contribution in [2.24, 2.45) is 0 Å². The zero-order valence-corrected chi connectivity index (χ0v) is 12.8. The molecule has 3 aromatic rings. The van der Waals surface area contributed by atoms with Gasteiger partial charge in [0.1, 0.15) is 5.82 Å². The van der Waals surface area contributed by atoms with Gasteiger partial charge in [0, 0.05) is 15.6 Å². The molecule has 0 fully saturated rings. The lowest BCUT2D eigenvalue weighted by Gasteiger charge is -2.07. The third-order valence-electron chi connectivity index (χ3n) is 3.31. The van der Waals surface area contributed by atoms with Crippen LogP contribution in [0.15, 0.2) is 51.5 Å². The van der Waals surface area contributed by atoms with E-state index in [0.29, 0.717) is 16.9 Å². The Hall–Kier alpha value is -2.14. The average Bonchev–Trinajstić information content (AvgIpc) is 2.84. The molecule has 0 aliphatic heterocycles. The molecule has 0 saturated heterocycles. The van der Waals surface area contributed by atoms with E-state index in [1.54, 1.807) is 6.07 Å². The summed E-state index contributed by atoms with van der Waals surface area (Å²) >= 11 is 3.49. The summed E-state index contributed by atoms with van der Waals surface area (Å²) in [7, 11) is 0. The van der Waals surface area contributed by atoms with Crippen molar-refractivity contribution in [1.29, 1.82) is 0 Å². The Labute approximate surface area is 129 Å². The number of hydrogen-bond acceptors (Lipinski definition) is 3. The molecule has 0 aliphatic rings. The highest BCUT2D eigenvalue weighted by molar-refractivity contribution is 9.10. The fourth-order valence-electron chi connectivity index (χ4n) is 2.25. The molecule has 0 spiro atoms. The Bertz CT molecular complexity index is 814. The highest BCUT2D eigenvalue weighted by atomic mass is 79.9. The largest absolute Gasteiger partial charge is 0.380 e. The first-order valence-electron chi connectivity index (χ1n) is 6.34. The van der Waals surface area contributed by atoms with E-state index in [-0.39, 0.29) is 11.6 Å². The van der Waals surface area contributed by atoms with Gasteiger partial charge in [-0.15, -0.1) is 0 Å². The van der Waals surface area contributed by atoms with Gasteiger partial charge in [-0.25, -0.2) is 4.39 Å². The van der Waals surface area contributed by atoms with E-state index in [2.05, 4.69) is 21.1 Å². The lowest BCUT2D eigenvalue weighted by atomic mass is 9.98. The first-order chi connectivity index (χ1) is 10.1. The van der Waals surface area contributed by atoms with Crippen molar-refractivity contribution in [2.75, 3.05) is 5.73 Å². The van der Waals surface area contributed by atoms with E-state index in [1.807, 2.05) is 31.2 Å². The zero-order chi connectivity index (χ0) is 15.0. The summed E-state index contributed by atoms with van der Waals surface area (Å²) in [5.74, 6) is 0.417. The van der Waals surface area contributed by atoms with Crippen LogP contribution in [-0.2, 0) is 0 Å². The molecule has 1 heterocycles. The van der Waals surface area contributed by atoms with E-state index in [9.17, 15) is 4.39 Å². The maximum atomic E-state index is 13.6. The average molecular weight is 347 g/mol. The van der Waals surface area contributed by atoms with Crippen LogP contribution in [0.1, 0.15) is 5.56 Å². The van der Waals surface area contributed by atoms with Crippen molar-refractivity contribution in [3.63, 3.8) is 0 Å². The first kappa shape index (κ1) is 13.8. The molecule has 3 nitrogen and oxygen atoms in total. The summed E-state index contributed by atoms with van der Waals surface area (Å²) < 4.78 is 19.8. The summed E-state index contributed by atoms with van der Waals surface area (Å²) in [5.41, 5.74) is 9.00. The van der Waals surface area contributed by atoms with Crippen molar-refractivity contribution in [3.05, 3.63) is 58.3 Å². The molecule has 5 heteroatoms. The Balaban J connectivity index is 2.27. The summed E-state index contributed by atoms with van der Waals surface area (Å²) in [4.78, 5) is 0. The normalized spacial score (nSPS) is 10.8. The first-order valence-corrected chi connectivity index (χ1v) is 7.14. The molecule has 1 aromatic heterocycles. The Kier molecular flexibility index (Phi) is 3.51. The molecule has 2 aromatic carbocycles. The third-order valence-corrected chi connectivity index (χ3v) is 4.00. The number of rotatable bonds is 2. The fraction of sp³-hybridized carbons (Fsp3) is 0.0625. The lowest BCUT2D eigenvalue weighted by Crippen LogP contribution is -1.91. The molecule has 0 atom stereocenters. The van der Waals surface area contributed by atoms with Gasteiger partial charge in [-0.1, -0.05) is 45.4 Å². The van der Waals surface area contributed by atoms with E-state index < -0.39 is 0 Å². The molecule has 0 unspecified atom stereocenters. The standard InChI is InChI=1S/C16H12BrFN2O/c1-9-6-7-10(18)8-12(9)15-14(16(19)20-21-15)11-4-2-3-5-13(11)17/h2-8H,1H3,(H2,19,20). The number of nitrogen functional groups attached to an aromatic ring is 1. The molecular weight excluding hydrogens is 335 g/mol. The van der Waals surface area contributed by atoms with E-state index >= 15 is 0 Å². The monoisotopic (exact) mass is 346 g/mol. The number of aromatic nitrogens is 1. The SMILES string of the molecule is Cc1ccc(F)cc1-c1onc(N)c1-c1ccccc1Br. The fourth-order valence-corrected chi connectivity index (χ4v) is 2.73. The van der Waals surface area contributed by atoms with Crippen molar-refractivity contribution in [3.8, 4) is 22.5 Å². The van der Waals surface area contributed by atoms with E-state index in [0.717, 1.165) is 15.6 Å². The molecule has 0 bridgehead atoms. The van der Waals surface area contributed by atoms with Crippen LogP contribution < -0.4 is 5.73 Å². The topological polar surface area (TPSA) is 52.0 Å². The molecular formula is C16H12BrFN2O.